The number of aromatic hydroxyl groups is 1. The molecule has 0 bridgehead atoms. The molecule has 1 heterocycles. The Morgan fingerprint density at radius 3 is 2.80 bits per heavy atom. The summed E-state index contributed by atoms with van der Waals surface area (Å²) in [5, 5.41) is 15.5. The van der Waals surface area contributed by atoms with Gasteiger partial charge in [-0.05, 0) is 23.6 Å². The molecule has 0 radical (unpaired) electrons. The van der Waals surface area contributed by atoms with Gasteiger partial charge in [0.25, 0.3) is 5.91 Å². The molecule has 2 aromatic rings. The second-order valence-electron chi connectivity index (χ2n) is 4.31. The first kappa shape index (κ1) is 14.1. The molecule has 6 heteroatoms. The summed E-state index contributed by atoms with van der Waals surface area (Å²) in [7, 11) is 3.79. The third kappa shape index (κ3) is 3.36. The third-order valence-electron chi connectivity index (χ3n) is 2.65. The minimum atomic E-state index is -0.263. The van der Waals surface area contributed by atoms with Gasteiger partial charge in [0.05, 0.1) is 11.1 Å². The number of hydrazone groups is 1. The molecule has 0 aliphatic heterocycles. The molecule has 0 saturated heterocycles. The maximum atomic E-state index is 11.6. The van der Waals surface area contributed by atoms with Gasteiger partial charge in [-0.1, -0.05) is 6.07 Å². The lowest BCUT2D eigenvalue weighted by atomic mass is 10.2. The Hall–Kier alpha value is -2.34. The van der Waals surface area contributed by atoms with Crippen LogP contribution in [0.15, 0.2) is 40.8 Å². The Balaban J connectivity index is 2.03. The summed E-state index contributed by atoms with van der Waals surface area (Å²) in [4.78, 5) is 14.1. The number of rotatable bonds is 4. The number of benzene rings is 1. The van der Waals surface area contributed by atoms with Crippen molar-refractivity contribution >= 4 is 29.1 Å². The van der Waals surface area contributed by atoms with Crippen LogP contribution < -0.4 is 10.3 Å². The smallest absolute Gasteiger partial charge is 0.281 e. The fourth-order valence-corrected chi connectivity index (χ4v) is 2.16. The number of nitrogens with one attached hydrogen (secondary N) is 1. The van der Waals surface area contributed by atoms with Crippen molar-refractivity contribution in [1.29, 1.82) is 0 Å². The van der Waals surface area contributed by atoms with E-state index < -0.39 is 0 Å². The zero-order chi connectivity index (χ0) is 14.5. The van der Waals surface area contributed by atoms with E-state index in [0.29, 0.717) is 10.4 Å². The summed E-state index contributed by atoms with van der Waals surface area (Å²) in [5.74, 6) is -0.147. The highest BCUT2D eigenvalue weighted by Crippen LogP contribution is 2.22. The number of anilines is 1. The highest BCUT2D eigenvalue weighted by atomic mass is 32.1. The number of amides is 1. The van der Waals surface area contributed by atoms with Gasteiger partial charge in [0.2, 0.25) is 0 Å². The summed E-state index contributed by atoms with van der Waals surface area (Å²) in [6, 6.07) is 8.77. The first-order valence-corrected chi connectivity index (χ1v) is 6.83. The second-order valence-corrected chi connectivity index (χ2v) is 5.26. The molecule has 20 heavy (non-hydrogen) atoms. The van der Waals surface area contributed by atoms with Crippen LogP contribution in [-0.2, 0) is 0 Å². The molecular formula is C14H15N3O2S. The lowest BCUT2D eigenvalue weighted by molar-refractivity contribution is 0.0959. The van der Waals surface area contributed by atoms with Gasteiger partial charge < -0.3 is 10.0 Å². The number of hydrogen-bond acceptors (Lipinski definition) is 5. The normalized spacial score (nSPS) is 10.7. The predicted octanol–water partition coefficient (Wildman–Crippen LogP) is 2.28. The standard InChI is InChI=1S/C14H15N3O2S/c1-17(2)11-6-5-10(12(18)8-11)9-15-16-14(19)13-4-3-7-20-13/h3-9,18H,1-2H3,(H,16,19)/b15-9+. The average molecular weight is 289 g/mol. The van der Waals surface area contributed by atoms with Gasteiger partial charge in [-0.2, -0.15) is 5.10 Å². The van der Waals surface area contributed by atoms with Gasteiger partial charge in [-0.3, -0.25) is 4.79 Å². The predicted molar refractivity (Wildman–Crippen MR) is 81.8 cm³/mol. The maximum absolute atomic E-state index is 11.6. The van der Waals surface area contributed by atoms with E-state index in [9.17, 15) is 9.90 Å². The third-order valence-corrected chi connectivity index (χ3v) is 3.51. The summed E-state index contributed by atoms with van der Waals surface area (Å²) >= 11 is 1.34. The zero-order valence-electron chi connectivity index (χ0n) is 11.2. The molecule has 2 rings (SSSR count). The molecule has 0 unspecified atom stereocenters. The van der Waals surface area contributed by atoms with Gasteiger partial charge in [0.15, 0.2) is 0 Å². The van der Waals surface area contributed by atoms with Crippen molar-refractivity contribution in [1.82, 2.24) is 5.43 Å². The molecule has 1 amide bonds. The van der Waals surface area contributed by atoms with E-state index in [1.165, 1.54) is 17.6 Å². The maximum Gasteiger partial charge on any atom is 0.281 e. The van der Waals surface area contributed by atoms with E-state index >= 15 is 0 Å². The molecule has 0 saturated carbocycles. The number of hydrogen-bond donors (Lipinski definition) is 2. The van der Waals surface area contributed by atoms with Crippen LogP contribution in [0.4, 0.5) is 5.69 Å². The minimum absolute atomic E-state index is 0.116. The Kier molecular flexibility index (Phi) is 4.37. The van der Waals surface area contributed by atoms with Gasteiger partial charge >= 0.3 is 0 Å². The summed E-state index contributed by atoms with van der Waals surface area (Å²) in [5.41, 5.74) is 3.85. The molecular weight excluding hydrogens is 274 g/mol. The highest BCUT2D eigenvalue weighted by molar-refractivity contribution is 7.12. The average Bonchev–Trinajstić information content (AvgIpc) is 2.94. The highest BCUT2D eigenvalue weighted by Gasteiger charge is 2.05. The lowest BCUT2D eigenvalue weighted by Crippen LogP contribution is -2.16. The van der Waals surface area contributed by atoms with Crippen molar-refractivity contribution in [3.63, 3.8) is 0 Å². The molecule has 0 fully saturated rings. The molecule has 5 nitrogen and oxygen atoms in total. The van der Waals surface area contributed by atoms with E-state index in [1.54, 1.807) is 24.3 Å². The van der Waals surface area contributed by atoms with Crippen LogP contribution in [0, 0.1) is 0 Å². The van der Waals surface area contributed by atoms with E-state index in [1.807, 2.05) is 30.4 Å². The first-order valence-electron chi connectivity index (χ1n) is 5.95. The number of phenolic OH excluding ortho intramolecular Hbond substituents is 1. The van der Waals surface area contributed by atoms with Gasteiger partial charge in [-0.15, -0.1) is 11.3 Å². The largest absolute Gasteiger partial charge is 0.507 e. The number of carbonyl (C=O) groups excluding carboxylic acids is 1. The molecule has 0 atom stereocenters. The molecule has 0 spiro atoms. The molecule has 0 aliphatic carbocycles. The van der Waals surface area contributed by atoms with Crippen LogP contribution in [0.1, 0.15) is 15.2 Å². The van der Waals surface area contributed by atoms with Gasteiger partial charge in [0.1, 0.15) is 5.75 Å². The van der Waals surface area contributed by atoms with Crippen LogP contribution >= 0.6 is 11.3 Å². The summed E-state index contributed by atoms with van der Waals surface area (Å²) < 4.78 is 0. The Labute approximate surface area is 121 Å². The number of nitrogens with zero attached hydrogens (tertiary/aromatic N) is 2. The summed E-state index contributed by atoms with van der Waals surface area (Å²) in [6.07, 6.45) is 1.42. The van der Waals surface area contributed by atoms with E-state index in [4.69, 9.17) is 0 Å². The number of carbonyl (C=O) groups is 1. The van der Waals surface area contributed by atoms with Crippen molar-refractivity contribution in [2.75, 3.05) is 19.0 Å². The van der Waals surface area contributed by atoms with E-state index in [-0.39, 0.29) is 11.7 Å². The molecule has 0 aliphatic rings. The number of phenols is 1. The molecule has 104 valence electrons. The van der Waals surface area contributed by atoms with Crippen LogP contribution in [0.3, 0.4) is 0 Å². The van der Waals surface area contributed by atoms with Crippen molar-refractivity contribution in [3.05, 3.63) is 46.2 Å². The minimum Gasteiger partial charge on any atom is -0.507 e. The fraction of sp³-hybridized carbons (Fsp3) is 0.143. The number of thiophene rings is 1. The van der Waals surface area contributed by atoms with E-state index in [2.05, 4.69) is 10.5 Å². The van der Waals surface area contributed by atoms with Crippen molar-refractivity contribution in [2.24, 2.45) is 5.10 Å². The molecule has 1 aromatic heterocycles. The van der Waals surface area contributed by atoms with Crippen molar-refractivity contribution in [3.8, 4) is 5.75 Å². The van der Waals surface area contributed by atoms with Crippen molar-refractivity contribution in [2.45, 2.75) is 0 Å². The summed E-state index contributed by atoms with van der Waals surface area (Å²) in [6.45, 7) is 0. The monoisotopic (exact) mass is 289 g/mol. The quantitative estimate of drug-likeness (QED) is 0.670. The van der Waals surface area contributed by atoms with E-state index in [0.717, 1.165) is 5.69 Å². The topological polar surface area (TPSA) is 64.9 Å². The second kappa shape index (κ2) is 6.21. The van der Waals surface area contributed by atoms with Crippen LogP contribution in [0.25, 0.3) is 0 Å². The Bertz CT molecular complexity index is 621. The Morgan fingerprint density at radius 2 is 2.20 bits per heavy atom. The lowest BCUT2D eigenvalue weighted by Gasteiger charge is -2.12. The SMILES string of the molecule is CN(C)c1ccc(/C=N/NC(=O)c2cccs2)c(O)c1. The Morgan fingerprint density at radius 1 is 1.40 bits per heavy atom. The first-order chi connectivity index (χ1) is 9.58. The fourth-order valence-electron chi connectivity index (χ4n) is 1.54. The zero-order valence-corrected chi connectivity index (χ0v) is 12.0. The van der Waals surface area contributed by atoms with Gasteiger partial charge in [-0.25, -0.2) is 5.43 Å². The van der Waals surface area contributed by atoms with Gasteiger partial charge in [0, 0.05) is 31.4 Å². The van der Waals surface area contributed by atoms with Crippen LogP contribution in [0.5, 0.6) is 5.75 Å². The molecule has 2 N–H and O–H groups in total. The molecule has 1 aromatic carbocycles. The van der Waals surface area contributed by atoms with Crippen molar-refractivity contribution < 1.29 is 9.90 Å². The van der Waals surface area contributed by atoms with Crippen LogP contribution in [0.2, 0.25) is 0 Å². The van der Waals surface area contributed by atoms with Crippen LogP contribution in [-0.4, -0.2) is 31.3 Å².